The Morgan fingerprint density at radius 3 is 2.29 bits per heavy atom. The van der Waals surface area contributed by atoms with Gasteiger partial charge in [-0.3, -0.25) is 0 Å². The Morgan fingerprint density at radius 1 is 1.24 bits per heavy atom. The van der Waals surface area contributed by atoms with E-state index in [-0.39, 0.29) is 11.5 Å². The molecule has 0 aliphatic carbocycles. The number of halogens is 2. The minimum absolute atomic E-state index is 0.133. The van der Waals surface area contributed by atoms with Crippen LogP contribution in [0.1, 0.15) is 45.7 Å². The van der Waals surface area contributed by atoms with Gasteiger partial charge in [-0.25, -0.2) is 8.78 Å². The molecule has 1 nitrogen and oxygen atoms in total. The van der Waals surface area contributed by atoms with Crippen molar-refractivity contribution in [2.75, 3.05) is 0 Å². The molecule has 0 aromatic heterocycles. The molecule has 0 saturated carbocycles. The molecule has 0 fully saturated rings. The second-order valence-electron chi connectivity index (χ2n) is 5.78. The standard InChI is InChI=1S/C14H21F2N/c1-9(14(2,3)4)7-13(17)11-6-5-10(15)8-12(11)16/h5-6,8-9,13H,7,17H2,1-4H3. The number of nitrogens with two attached hydrogens (primary N) is 1. The van der Waals surface area contributed by atoms with Crippen LogP contribution >= 0.6 is 0 Å². The summed E-state index contributed by atoms with van der Waals surface area (Å²) in [6, 6.07) is 3.19. The molecule has 1 aromatic rings. The lowest BCUT2D eigenvalue weighted by molar-refractivity contribution is 0.232. The van der Waals surface area contributed by atoms with Crippen molar-refractivity contribution in [3.63, 3.8) is 0 Å². The number of hydrogen-bond acceptors (Lipinski definition) is 1. The van der Waals surface area contributed by atoms with Crippen LogP contribution in [0, 0.1) is 23.0 Å². The summed E-state index contributed by atoms with van der Waals surface area (Å²) in [5.41, 5.74) is 6.51. The van der Waals surface area contributed by atoms with E-state index in [9.17, 15) is 8.78 Å². The highest BCUT2D eigenvalue weighted by atomic mass is 19.1. The summed E-state index contributed by atoms with van der Waals surface area (Å²) in [5.74, 6) is -0.761. The average molecular weight is 241 g/mol. The smallest absolute Gasteiger partial charge is 0.130 e. The van der Waals surface area contributed by atoms with Gasteiger partial charge in [0.05, 0.1) is 0 Å². The average Bonchev–Trinajstić information content (AvgIpc) is 2.15. The molecule has 2 unspecified atom stereocenters. The minimum Gasteiger partial charge on any atom is -0.324 e. The van der Waals surface area contributed by atoms with Gasteiger partial charge < -0.3 is 5.73 Å². The van der Waals surface area contributed by atoms with Crippen molar-refractivity contribution in [3.05, 3.63) is 35.4 Å². The Morgan fingerprint density at radius 2 is 1.82 bits per heavy atom. The van der Waals surface area contributed by atoms with Gasteiger partial charge >= 0.3 is 0 Å². The largest absolute Gasteiger partial charge is 0.324 e. The SMILES string of the molecule is CC(CC(N)c1ccc(F)cc1F)C(C)(C)C. The van der Waals surface area contributed by atoms with E-state index in [0.29, 0.717) is 17.9 Å². The summed E-state index contributed by atoms with van der Waals surface area (Å²) in [5, 5.41) is 0. The van der Waals surface area contributed by atoms with Gasteiger partial charge in [-0.15, -0.1) is 0 Å². The quantitative estimate of drug-likeness (QED) is 0.849. The van der Waals surface area contributed by atoms with E-state index >= 15 is 0 Å². The van der Waals surface area contributed by atoms with Crippen LogP contribution in [0.15, 0.2) is 18.2 Å². The fourth-order valence-electron chi connectivity index (χ4n) is 1.66. The number of benzene rings is 1. The Kier molecular flexibility index (Phi) is 4.26. The van der Waals surface area contributed by atoms with Crippen molar-refractivity contribution in [1.29, 1.82) is 0 Å². The van der Waals surface area contributed by atoms with Crippen molar-refractivity contribution < 1.29 is 8.78 Å². The Balaban J connectivity index is 2.80. The van der Waals surface area contributed by atoms with Gasteiger partial charge in [0.1, 0.15) is 11.6 Å². The van der Waals surface area contributed by atoms with Crippen LogP contribution in [0.5, 0.6) is 0 Å². The molecule has 1 rings (SSSR count). The highest BCUT2D eigenvalue weighted by Crippen LogP contribution is 2.32. The molecule has 0 amide bonds. The van der Waals surface area contributed by atoms with E-state index in [1.165, 1.54) is 12.1 Å². The molecule has 0 saturated heterocycles. The van der Waals surface area contributed by atoms with Crippen molar-refractivity contribution in [1.82, 2.24) is 0 Å². The second-order valence-corrected chi connectivity index (χ2v) is 5.78. The van der Waals surface area contributed by atoms with Gasteiger partial charge in [-0.2, -0.15) is 0 Å². The molecular weight excluding hydrogens is 220 g/mol. The van der Waals surface area contributed by atoms with Crippen LogP contribution in [0.25, 0.3) is 0 Å². The molecule has 96 valence electrons. The fourth-order valence-corrected chi connectivity index (χ4v) is 1.66. The first-order valence-corrected chi connectivity index (χ1v) is 5.92. The zero-order valence-corrected chi connectivity index (χ0v) is 10.9. The van der Waals surface area contributed by atoms with Gasteiger partial charge in [-0.1, -0.05) is 33.8 Å². The zero-order chi connectivity index (χ0) is 13.2. The van der Waals surface area contributed by atoms with Crippen molar-refractivity contribution >= 4 is 0 Å². The molecule has 1 aromatic carbocycles. The third kappa shape index (κ3) is 3.77. The first-order chi connectivity index (χ1) is 7.71. The minimum atomic E-state index is -0.567. The maximum atomic E-state index is 13.5. The fraction of sp³-hybridized carbons (Fsp3) is 0.571. The van der Waals surface area contributed by atoms with E-state index < -0.39 is 11.6 Å². The molecule has 0 bridgehead atoms. The number of rotatable bonds is 3. The third-order valence-electron chi connectivity index (χ3n) is 3.45. The predicted molar refractivity (Wildman–Crippen MR) is 66.5 cm³/mol. The van der Waals surface area contributed by atoms with Gasteiger partial charge in [0.15, 0.2) is 0 Å². The van der Waals surface area contributed by atoms with E-state index in [1.54, 1.807) is 0 Å². The van der Waals surface area contributed by atoms with E-state index in [4.69, 9.17) is 5.73 Å². The first kappa shape index (κ1) is 14.1. The van der Waals surface area contributed by atoms with Crippen molar-refractivity contribution in [2.24, 2.45) is 17.1 Å². The lowest BCUT2D eigenvalue weighted by Crippen LogP contribution is -2.23. The first-order valence-electron chi connectivity index (χ1n) is 5.92. The normalized spacial score (nSPS) is 15.7. The van der Waals surface area contributed by atoms with Crippen molar-refractivity contribution in [2.45, 2.75) is 40.2 Å². The molecule has 0 aliphatic rings. The second kappa shape index (κ2) is 5.13. The zero-order valence-electron chi connectivity index (χ0n) is 10.9. The summed E-state index contributed by atoms with van der Waals surface area (Å²) in [6.45, 7) is 8.49. The van der Waals surface area contributed by atoms with Crippen LogP contribution in [0.4, 0.5) is 8.78 Å². The summed E-state index contributed by atoms with van der Waals surface area (Å²) < 4.78 is 26.3. The van der Waals surface area contributed by atoms with Gasteiger partial charge in [0.2, 0.25) is 0 Å². The summed E-state index contributed by atoms with van der Waals surface area (Å²) >= 11 is 0. The molecule has 0 spiro atoms. The van der Waals surface area contributed by atoms with E-state index in [1.807, 2.05) is 0 Å². The molecule has 2 atom stereocenters. The van der Waals surface area contributed by atoms with Gasteiger partial charge in [0, 0.05) is 17.7 Å². The Hall–Kier alpha value is -0.960. The van der Waals surface area contributed by atoms with Crippen LogP contribution in [-0.4, -0.2) is 0 Å². The van der Waals surface area contributed by atoms with E-state index in [0.717, 1.165) is 6.07 Å². The lowest BCUT2D eigenvalue weighted by Gasteiger charge is -2.29. The Labute approximate surface area is 102 Å². The van der Waals surface area contributed by atoms with Gasteiger partial charge in [-0.05, 0) is 23.8 Å². The summed E-state index contributed by atoms with van der Waals surface area (Å²) in [7, 11) is 0. The highest BCUT2D eigenvalue weighted by molar-refractivity contribution is 5.21. The van der Waals surface area contributed by atoms with Crippen LogP contribution in [-0.2, 0) is 0 Å². The molecule has 2 N–H and O–H groups in total. The van der Waals surface area contributed by atoms with Gasteiger partial charge in [0.25, 0.3) is 0 Å². The maximum absolute atomic E-state index is 13.5. The monoisotopic (exact) mass is 241 g/mol. The Bertz CT molecular complexity index is 382. The van der Waals surface area contributed by atoms with Crippen LogP contribution in [0.3, 0.4) is 0 Å². The highest BCUT2D eigenvalue weighted by Gasteiger charge is 2.23. The van der Waals surface area contributed by atoms with Crippen molar-refractivity contribution in [3.8, 4) is 0 Å². The molecule has 0 heterocycles. The number of hydrogen-bond donors (Lipinski definition) is 1. The predicted octanol–water partition coefficient (Wildman–Crippen LogP) is 4.04. The van der Waals surface area contributed by atoms with E-state index in [2.05, 4.69) is 27.7 Å². The molecule has 3 heteroatoms. The molecule has 17 heavy (non-hydrogen) atoms. The summed E-state index contributed by atoms with van der Waals surface area (Å²) in [6.07, 6.45) is 0.687. The van der Waals surface area contributed by atoms with Crippen LogP contribution < -0.4 is 5.73 Å². The molecule has 0 radical (unpaired) electrons. The lowest BCUT2D eigenvalue weighted by atomic mass is 9.78. The van der Waals surface area contributed by atoms with Crippen LogP contribution in [0.2, 0.25) is 0 Å². The summed E-state index contributed by atoms with van der Waals surface area (Å²) in [4.78, 5) is 0. The maximum Gasteiger partial charge on any atom is 0.130 e. The third-order valence-corrected chi connectivity index (χ3v) is 3.45. The topological polar surface area (TPSA) is 26.0 Å². The molecule has 0 aliphatic heterocycles. The molecular formula is C14H21F2N.